The van der Waals surface area contributed by atoms with Gasteiger partial charge in [0.25, 0.3) is 0 Å². The number of nitrogens with zero attached hydrogens (tertiary/aromatic N) is 2. The SMILES string of the molecule is C=C(CCN1C(=O)CC(=O)N(CCC2(c3cccc(F)c3F)CC2)C1=O)c1cccc(F)c1F.CC.CCC. The van der Waals surface area contributed by atoms with Gasteiger partial charge in [0.2, 0.25) is 11.8 Å². The molecule has 1 aliphatic carbocycles. The van der Waals surface area contributed by atoms with Crippen molar-refractivity contribution in [3.05, 3.63) is 77.4 Å². The third kappa shape index (κ3) is 7.34. The van der Waals surface area contributed by atoms with Crippen LogP contribution in [0, 0.1) is 23.3 Å². The maximum atomic E-state index is 14.3. The van der Waals surface area contributed by atoms with Crippen LogP contribution in [0.25, 0.3) is 5.57 Å². The summed E-state index contributed by atoms with van der Waals surface area (Å²) in [7, 11) is 0. The average Bonchev–Trinajstić information content (AvgIpc) is 3.69. The van der Waals surface area contributed by atoms with Crippen LogP contribution in [0.4, 0.5) is 22.4 Å². The lowest BCUT2D eigenvalue weighted by atomic mass is 9.91. The second-order valence-electron chi connectivity index (χ2n) is 9.34. The smallest absolute Gasteiger partial charge is 0.274 e. The van der Waals surface area contributed by atoms with E-state index in [4.69, 9.17) is 0 Å². The molecule has 0 aromatic heterocycles. The van der Waals surface area contributed by atoms with E-state index >= 15 is 0 Å². The van der Waals surface area contributed by atoms with Crippen molar-refractivity contribution in [3.63, 3.8) is 0 Å². The summed E-state index contributed by atoms with van der Waals surface area (Å²) in [5, 5.41) is 0. The molecule has 0 N–H and O–H groups in total. The molecule has 2 aromatic rings. The normalized spacial score (nSPS) is 15.7. The minimum atomic E-state index is -1.07. The van der Waals surface area contributed by atoms with Gasteiger partial charge < -0.3 is 0 Å². The Labute approximate surface area is 227 Å². The molecule has 0 unspecified atom stereocenters. The van der Waals surface area contributed by atoms with E-state index in [1.165, 1.54) is 30.7 Å². The number of benzene rings is 2. The van der Waals surface area contributed by atoms with Crippen molar-refractivity contribution >= 4 is 23.4 Å². The van der Waals surface area contributed by atoms with E-state index < -0.39 is 53.0 Å². The van der Waals surface area contributed by atoms with Crippen LogP contribution in [0.3, 0.4) is 0 Å². The molecule has 39 heavy (non-hydrogen) atoms. The van der Waals surface area contributed by atoms with Gasteiger partial charge in [0.15, 0.2) is 23.3 Å². The predicted molar refractivity (Wildman–Crippen MR) is 143 cm³/mol. The zero-order valence-corrected chi connectivity index (χ0v) is 23.0. The van der Waals surface area contributed by atoms with E-state index in [0.29, 0.717) is 12.8 Å². The van der Waals surface area contributed by atoms with Crippen molar-refractivity contribution in [2.24, 2.45) is 0 Å². The summed E-state index contributed by atoms with van der Waals surface area (Å²) in [5.74, 6) is -5.37. The van der Waals surface area contributed by atoms with Crippen LogP contribution in [0.1, 0.15) is 77.3 Å². The third-order valence-corrected chi connectivity index (χ3v) is 6.53. The standard InChI is InChI=1S/C25H22F4N2O3.C3H8.C2H6/c1-15(16-4-2-6-18(26)22(16)28)8-12-30-20(32)14-21(33)31(24(30)34)13-11-25(9-10-25)17-5-3-7-19(27)23(17)29;1-3-2;1-2/h2-7H,1,8-14H2;3H2,1-2H3;1-2H3. The molecule has 1 aliphatic heterocycles. The lowest BCUT2D eigenvalue weighted by Crippen LogP contribution is -2.55. The van der Waals surface area contributed by atoms with Gasteiger partial charge in [-0.15, -0.1) is 0 Å². The predicted octanol–water partition coefficient (Wildman–Crippen LogP) is 7.39. The maximum Gasteiger partial charge on any atom is 0.333 e. The van der Waals surface area contributed by atoms with E-state index in [9.17, 15) is 31.9 Å². The number of rotatable bonds is 8. The molecule has 2 aliphatic rings. The first kappa shape index (κ1) is 31.7. The fourth-order valence-corrected chi connectivity index (χ4v) is 4.32. The van der Waals surface area contributed by atoms with E-state index in [0.717, 1.165) is 21.9 Å². The second-order valence-corrected chi connectivity index (χ2v) is 9.34. The minimum absolute atomic E-state index is 0.0156. The molecule has 1 heterocycles. The van der Waals surface area contributed by atoms with Crippen molar-refractivity contribution in [3.8, 4) is 0 Å². The Morgan fingerprint density at radius 2 is 1.36 bits per heavy atom. The van der Waals surface area contributed by atoms with Crippen LogP contribution in [0.5, 0.6) is 0 Å². The van der Waals surface area contributed by atoms with Crippen LogP contribution < -0.4 is 0 Å². The number of urea groups is 1. The summed E-state index contributed by atoms with van der Waals surface area (Å²) in [5.41, 5.74) is -0.314. The first-order chi connectivity index (χ1) is 18.6. The van der Waals surface area contributed by atoms with Gasteiger partial charge in [-0.05, 0) is 49.0 Å². The number of halogens is 4. The van der Waals surface area contributed by atoms with Crippen molar-refractivity contribution in [1.29, 1.82) is 0 Å². The van der Waals surface area contributed by atoms with E-state index in [1.54, 1.807) is 0 Å². The highest BCUT2D eigenvalue weighted by molar-refractivity contribution is 6.14. The molecule has 1 saturated carbocycles. The van der Waals surface area contributed by atoms with E-state index in [1.807, 2.05) is 13.8 Å². The van der Waals surface area contributed by atoms with Gasteiger partial charge >= 0.3 is 6.03 Å². The minimum Gasteiger partial charge on any atom is -0.274 e. The van der Waals surface area contributed by atoms with Crippen molar-refractivity contribution in [1.82, 2.24) is 9.80 Å². The van der Waals surface area contributed by atoms with Gasteiger partial charge in [-0.1, -0.05) is 65.0 Å². The third-order valence-electron chi connectivity index (χ3n) is 6.53. The van der Waals surface area contributed by atoms with Gasteiger partial charge in [0.1, 0.15) is 6.42 Å². The number of hydrogen-bond acceptors (Lipinski definition) is 3. The molecule has 4 rings (SSSR count). The fourth-order valence-electron chi connectivity index (χ4n) is 4.32. The first-order valence-electron chi connectivity index (χ1n) is 13.3. The first-order valence-corrected chi connectivity index (χ1v) is 13.3. The number of amides is 4. The Morgan fingerprint density at radius 1 is 0.846 bits per heavy atom. The lowest BCUT2D eigenvalue weighted by Gasteiger charge is -2.33. The summed E-state index contributed by atoms with van der Waals surface area (Å²) in [6.45, 7) is 11.7. The number of barbiturate groups is 1. The topological polar surface area (TPSA) is 57.7 Å². The van der Waals surface area contributed by atoms with Gasteiger partial charge in [-0.3, -0.25) is 19.4 Å². The molecule has 2 fully saturated rings. The van der Waals surface area contributed by atoms with Crippen LogP contribution >= 0.6 is 0 Å². The van der Waals surface area contributed by atoms with Crippen molar-refractivity contribution in [2.75, 3.05) is 13.1 Å². The summed E-state index contributed by atoms with van der Waals surface area (Å²) >= 11 is 0. The number of carbonyl (C=O) groups excluding carboxylic acids is 3. The molecule has 0 atom stereocenters. The molecule has 212 valence electrons. The molecule has 4 amide bonds. The monoisotopic (exact) mass is 548 g/mol. The Balaban J connectivity index is 0.000000998. The Kier molecular flexibility index (Phi) is 11.4. The molecular formula is C30H36F4N2O3. The largest absolute Gasteiger partial charge is 0.333 e. The fraction of sp³-hybridized carbons (Fsp3) is 0.433. The van der Waals surface area contributed by atoms with E-state index in [2.05, 4.69) is 20.4 Å². The molecule has 2 aromatic carbocycles. The highest BCUT2D eigenvalue weighted by Gasteiger charge is 2.47. The average molecular weight is 549 g/mol. The molecule has 5 nitrogen and oxygen atoms in total. The summed E-state index contributed by atoms with van der Waals surface area (Å²) in [4.78, 5) is 39.5. The quantitative estimate of drug-likeness (QED) is 0.255. The van der Waals surface area contributed by atoms with Crippen molar-refractivity contribution in [2.45, 2.75) is 71.6 Å². The second kappa shape index (κ2) is 14.1. The van der Waals surface area contributed by atoms with Crippen LogP contribution in [-0.4, -0.2) is 40.7 Å². The van der Waals surface area contributed by atoms with Crippen LogP contribution in [0.2, 0.25) is 0 Å². The van der Waals surface area contributed by atoms with Gasteiger partial charge in [0.05, 0.1) is 0 Å². The maximum absolute atomic E-state index is 14.3. The van der Waals surface area contributed by atoms with Crippen LogP contribution in [0.15, 0.2) is 43.0 Å². The number of imide groups is 2. The van der Waals surface area contributed by atoms with Gasteiger partial charge in [0, 0.05) is 24.1 Å². The van der Waals surface area contributed by atoms with Gasteiger partial charge in [-0.25, -0.2) is 22.4 Å². The highest BCUT2D eigenvalue weighted by atomic mass is 19.2. The zero-order chi connectivity index (χ0) is 29.3. The Hall–Kier alpha value is -3.49. The summed E-state index contributed by atoms with van der Waals surface area (Å²) in [6, 6.07) is 6.75. The zero-order valence-electron chi connectivity index (χ0n) is 23.0. The lowest BCUT2D eigenvalue weighted by molar-refractivity contribution is -0.142. The summed E-state index contributed by atoms with van der Waals surface area (Å²) < 4.78 is 55.5. The highest BCUT2D eigenvalue weighted by Crippen LogP contribution is 2.52. The molecule has 0 radical (unpaired) electrons. The van der Waals surface area contributed by atoms with Crippen LogP contribution in [-0.2, 0) is 15.0 Å². The molecule has 9 heteroatoms. The Morgan fingerprint density at radius 3 is 1.92 bits per heavy atom. The Bertz CT molecular complexity index is 1210. The summed E-state index contributed by atoms with van der Waals surface area (Å²) in [6.07, 6.45) is 2.12. The molecule has 0 bridgehead atoms. The van der Waals surface area contributed by atoms with Gasteiger partial charge in [-0.2, -0.15) is 0 Å². The number of carbonyl (C=O) groups is 3. The van der Waals surface area contributed by atoms with E-state index in [-0.39, 0.29) is 42.6 Å². The van der Waals surface area contributed by atoms with Crippen molar-refractivity contribution < 1.29 is 31.9 Å². The molecular weight excluding hydrogens is 512 g/mol. The molecule has 0 spiro atoms. The molecule has 1 saturated heterocycles. The number of hydrogen-bond donors (Lipinski definition) is 0.